The zero-order chi connectivity index (χ0) is 13.0. The van der Waals surface area contributed by atoms with Crippen molar-refractivity contribution >= 4 is 16.8 Å². The van der Waals surface area contributed by atoms with Crippen molar-refractivity contribution < 1.29 is 4.74 Å². The van der Waals surface area contributed by atoms with Gasteiger partial charge in [0, 0.05) is 10.9 Å². The Hall–Kier alpha value is -1.76. The molecule has 1 heteroatoms. The molecule has 1 aliphatic heterocycles. The van der Waals surface area contributed by atoms with Gasteiger partial charge in [0.15, 0.2) is 0 Å². The average Bonchev–Trinajstić information content (AvgIpc) is 2.87. The van der Waals surface area contributed by atoms with Gasteiger partial charge < -0.3 is 4.74 Å². The van der Waals surface area contributed by atoms with Crippen LogP contribution in [0, 0.1) is 0 Å². The highest BCUT2D eigenvalue weighted by Gasteiger charge is 2.28. The van der Waals surface area contributed by atoms with Crippen molar-refractivity contribution in [1.29, 1.82) is 0 Å². The fourth-order valence-corrected chi connectivity index (χ4v) is 3.43. The molecule has 0 saturated heterocycles. The molecule has 0 unspecified atom stereocenters. The maximum absolute atomic E-state index is 6.27. The summed E-state index contributed by atoms with van der Waals surface area (Å²) in [7, 11) is 0. The Kier molecular flexibility index (Phi) is 2.12. The molecule has 2 aromatic rings. The van der Waals surface area contributed by atoms with Crippen LogP contribution in [-0.4, -0.2) is 5.60 Å². The van der Waals surface area contributed by atoms with E-state index in [1.807, 2.05) is 0 Å². The SMILES string of the molecule is CC1(C)C=Cc2c3c(c4ccccc4c2O1)CCC3. The lowest BCUT2D eigenvalue weighted by molar-refractivity contribution is 0.161. The first-order valence-corrected chi connectivity index (χ1v) is 7.10. The van der Waals surface area contributed by atoms with Gasteiger partial charge in [-0.05, 0) is 55.7 Å². The Morgan fingerprint density at radius 1 is 1.00 bits per heavy atom. The van der Waals surface area contributed by atoms with Gasteiger partial charge >= 0.3 is 0 Å². The fourth-order valence-electron chi connectivity index (χ4n) is 3.43. The normalized spacial score (nSPS) is 19.1. The summed E-state index contributed by atoms with van der Waals surface area (Å²) in [5, 5.41) is 2.66. The molecule has 0 aromatic heterocycles. The topological polar surface area (TPSA) is 9.23 Å². The molecule has 1 heterocycles. The highest BCUT2D eigenvalue weighted by Crippen LogP contribution is 2.44. The van der Waals surface area contributed by atoms with E-state index in [2.05, 4.69) is 50.3 Å². The first-order valence-electron chi connectivity index (χ1n) is 7.10. The Morgan fingerprint density at radius 2 is 1.74 bits per heavy atom. The van der Waals surface area contributed by atoms with E-state index < -0.39 is 0 Å². The zero-order valence-electron chi connectivity index (χ0n) is 11.5. The van der Waals surface area contributed by atoms with E-state index in [1.165, 1.54) is 41.2 Å². The molecule has 0 saturated carbocycles. The Balaban J connectivity index is 2.13. The molecule has 4 rings (SSSR count). The molecule has 0 N–H and O–H groups in total. The predicted molar refractivity (Wildman–Crippen MR) is 79.7 cm³/mol. The average molecular weight is 250 g/mol. The summed E-state index contributed by atoms with van der Waals surface area (Å²) in [6.07, 6.45) is 8.13. The van der Waals surface area contributed by atoms with Crippen LogP contribution >= 0.6 is 0 Å². The summed E-state index contributed by atoms with van der Waals surface area (Å²) in [6, 6.07) is 8.69. The molecule has 0 radical (unpaired) electrons. The van der Waals surface area contributed by atoms with Gasteiger partial charge in [-0.2, -0.15) is 0 Å². The molecular formula is C18H18O. The molecule has 2 aromatic carbocycles. The molecule has 0 amide bonds. The third-order valence-electron chi connectivity index (χ3n) is 4.30. The van der Waals surface area contributed by atoms with E-state index in [-0.39, 0.29) is 5.60 Å². The van der Waals surface area contributed by atoms with Crippen LogP contribution < -0.4 is 4.74 Å². The molecule has 19 heavy (non-hydrogen) atoms. The smallest absolute Gasteiger partial charge is 0.135 e. The quantitative estimate of drug-likeness (QED) is 0.668. The van der Waals surface area contributed by atoms with Gasteiger partial charge in [0.05, 0.1) is 0 Å². The second kappa shape index (κ2) is 3.63. The van der Waals surface area contributed by atoms with Gasteiger partial charge in [-0.25, -0.2) is 0 Å². The van der Waals surface area contributed by atoms with Crippen LogP contribution in [0.2, 0.25) is 0 Å². The number of hydrogen-bond donors (Lipinski definition) is 0. The standard InChI is InChI=1S/C18H18O/c1-18(2)11-10-16-14-9-5-8-12(14)13-6-3-4-7-15(13)17(16)19-18/h3-4,6-7,10-11H,5,8-9H2,1-2H3. The van der Waals surface area contributed by atoms with Gasteiger partial charge in [-0.3, -0.25) is 0 Å². The first-order chi connectivity index (χ1) is 9.16. The van der Waals surface area contributed by atoms with Crippen LogP contribution in [0.5, 0.6) is 5.75 Å². The van der Waals surface area contributed by atoms with E-state index >= 15 is 0 Å². The van der Waals surface area contributed by atoms with E-state index in [0.29, 0.717) is 0 Å². The Labute approximate surface area is 113 Å². The van der Waals surface area contributed by atoms with Crippen LogP contribution in [0.3, 0.4) is 0 Å². The molecule has 96 valence electrons. The second-order valence-corrected chi connectivity index (χ2v) is 6.14. The Morgan fingerprint density at radius 3 is 2.58 bits per heavy atom. The van der Waals surface area contributed by atoms with Gasteiger partial charge in [0.1, 0.15) is 11.4 Å². The molecule has 0 atom stereocenters. The largest absolute Gasteiger partial charge is 0.482 e. The summed E-state index contributed by atoms with van der Waals surface area (Å²) >= 11 is 0. The van der Waals surface area contributed by atoms with Gasteiger partial charge in [0.2, 0.25) is 0 Å². The Bertz CT molecular complexity index is 707. The van der Waals surface area contributed by atoms with Crippen molar-refractivity contribution in [3.63, 3.8) is 0 Å². The number of rotatable bonds is 0. The molecule has 0 fully saturated rings. The fraction of sp³-hybridized carbons (Fsp3) is 0.333. The summed E-state index contributed by atoms with van der Waals surface area (Å²) in [5.74, 6) is 1.09. The third-order valence-corrected chi connectivity index (χ3v) is 4.30. The van der Waals surface area contributed by atoms with E-state index in [0.717, 1.165) is 5.75 Å². The van der Waals surface area contributed by atoms with Crippen LogP contribution in [0.15, 0.2) is 30.3 Å². The number of benzene rings is 2. The molecule has 1 nitrogen and oxygen atoms in total. The van der Waals surface area contributed by atoms with Gasteiger partial charge in [-0.1, -0.05) is 30.3 Å². The van der Waals surface area contributed by atoms with E-state index in [9.17, 15) is 0 Å². The van der Waals surface area contributed by atoms with Crippen LogP contribution in [0.1, 0.15) is 37.0 Å². The van der Waals surface area contributed by atoms with Crippen LogP contribution in [0.25, 0.3) is 16.8 Å². The summed E-state index contributed by atoms with van der Waals surface area (Å²) < 4.78 is 6.27. The van der Waals surface area contributed by atoms with Crippen LogP contribution in [0.4, 0.5) is 0 Å². The third kappa shape index (κ3) is 1.54. The molecule has 2 aliphatic rings. The lowest BCUT2D eigenvalue weighted by Gasteiger charge is -2.30. The molecular weight excluding hydrogens is 232 g/mol. The van der Waals surface area contributed by atoms with Crippen molar-refractivity contribution in [1.82, 2.24) is 0 Å². The van der Waals surface area contributed by atoms with Gasteiger partial charge in [0.25, 0.3) is 0 Å². The molecule has 0 spiro atoms. The lowest BCUT2D eigenvalue weighted by Crippen LogP contribution is -2.28. The number of hydrogen-bond acceptors (Lipinski definition) is 1. The maximum Gasteiger partial charge on any atom is 0.135 e. The number of aryl methyl sites for hydroxylation is 1. The molecule has 0 bridgehead atoms. The highest BCUT2D eigenvalue weighted by molar-refractivity contribution is 5.97. The summed E-state index contributed by atoms with van der Waals surface area (Å²) in [4.78, 5) is 0. The van der Waals surface area contributed by atoms with Crippen molar-refractivity contribution in [2.45, 2.75) is 38.7 Å². The van der Waals surface area contributed by atoms with Crippen molar-refractivity contribution in [3.05, 3.63) is 47.0 Å². The zero-order valence-corrected chi connectivity index (χ0v) is 11.5. The van der Waals surface area contributed by atoms with Crippen molar-refractivity contribution in [2.24, 2.45) is 0 Å². The minimum atomic E-state index is -0.206. The minimum absolute atomic E-state index is 0.206. The van der Waals surface area contributed by atoms with Crippen LogP contribution in [-0.2, 0) is 12.8 Å². The monoisotopic (exact) mass is 250 g/mol. The highest BCUT2D eigenvalue weighted by atomic mass is 16.5. The lowest BCUT2D eigenvalue weighted by atomic mass is 9.91. The summed E-state index contributed by atoms with van der Waals surface area (Å²) in [6.45, 7) is 4.24. The summed E-state index contributed by atoms with van der Waals surface area (Å²) in [5.41, 5.74) is 4.18. The predicted octanol–water partition coefficient (Wildman–Crippen LogP) is 4.51. The van der Waals surface area contributed by atoms with E-state index in [4.69, 9.17) is 4.74 Å². The number of fused-ring (bicyclic) bond motifs is 6. The number of ether oxygens (including phenoxy) is 1. The minimum Gasteiger partial charge on any atom is -0.482 e. The van der Waals surface area contributed by atoms with Crippen molar-refractivity contribution in [3.8, 4) is 5.75 Å². The second-order valence-electron chi connectivity index (χ2n) is 6.14. The van der Waals surface area contributed by atoms with Crippen molar-refractivity contribution in [2.75, 3.05) is 0 Å². The van der Waals surface area contributed by atoms with E-state index in [1.54, 1.807) is 5.56 Å². The first kappa shape index (κ1) is 11.1. The maximum atomic E-state index is 6.27. The van der Waals surface area contributed by atoms with Gasteiger partial charge in [-0.15, -0.1) is 0 Å². The molecule has 1 aliphatic carbocycles.